The van der Waals surface area contributed by atoms with Crippen molar-refractivity contribution in [1.29, 1.82) is 0 Å². The predicted octanol–water partition coefficient (Wildman–Crippen LogP) is 4.72. The first-order chi connectivity index (χ1) is 13.0. The molecule has 0 bridgehead atoms. The number of carbonyl (C=O) groups is 2. The highest BCUT2D eigenvalue weighted by Gasteiger charge is 2.32. The highest BCUT2D eigenvalue weighted by Crippen LogP contribution is 2.33. The molecule has 3 aromatic rings. The minimum Gasteiger partial charge on any atom is -0.467 e. The fraction of sp³-hybridized carbons (Fsp3) is 0.182. The molecule has 0 aliphatic heterocycles. The van der Waals surface area contributed by atoms with Gasteiger partial charge in [0.15, 0.2) is 0 Å². The van der Waals surface area contributed by atoms with Gasteiger partial charge in [-0.05, 0) is 36.9 Å². The molecule has 5 heteroatoms. The smallest absolute Gasteiger partial charge is 0.420 e. The average molecular weight is 363 g/mol. The minimum absolute atomic E-state index is 0.405. The normalized spacial score (nSPS) is 11.7. The van der Waals surface area contributed by atoms with E-state index in [0.717, 1.165) is 16.3 Å². The fourth-order valence-electron chi connectivity index (χ4n) is 3.04. The summed E-state index contributed by atoms with van der Waals surface area (Å²) in [5.41, 5.74) is 1.49. The Morgan fingerprint density at radius 1 is 0.926 bits per heavy atom. The van der Waals surface area contributed by atoms with Gasteiger partial charge in [-0.3, -0.25) is 4.90 Å². The van der Waals surface area contributed by atoms with E-state index in [0.29, 0.717) is 11.4 Å². The molecule has 0 radical (unpaired) electrons. The van der Waals surface area contributed by atoms with Crippen molar-refractivity contribution in [2.24, 2.45) is 0 Å². The molecule has 0 spiro atoms. The van der Waals surface area contributed by atoms with E-state index >= 15 is 0 Å². The van der Waals surface area contributed by atoms with Crippen molar-refractivity contribution in [3.63, 3.8) is 0 Å². The Bertz CT molecular complexity index is 968. The summed E-state index contributed by atoms with van der Waals surface area (Å²) >= 11 is 0. The van der Waals surface area contributed by atoms with Gasteiger partial charge in [-0.2, -0.15) is 0 Å². The summed E-state index contributed by atoms with van der Waals surface area (Å²) in [6.45, 7) is 3.52. The number of methoxy groups -OCH3 is 1. The molecule has 0 aromatic heterocycles. The van der Waals surface area contributed by atoms with Gasteiger partial charge in [-0.15, -0.1) is 0 Å². The third-order valence-corrected chi connectivity index (χ3v) is 4.42. The molecule has 3 aromatic carbocycles. The Morgan fingerprint density at radius 3 is 2.30 bits per heavy atom. The maximum absolute atomic E-state index is 13.1. The topological polar surface area (TPSA) is 55.8 Å². The lowest BCUT2D eigenvalue weighted by molar-refractivity contribution is -0.141. The van der Waals surface area contributed by atoms with Gasteiger partial charge in [0.1, 0.15) is 11.8 Å². The Balaban J connectivity index is 2.12. The van der Waals surface area contributed by atoms with Crippen LogP contribution in [0.2, 0.25) is 0 Å². The van der Waals surface area contributed by atoms with E-state index in [-0.39, 0.29) is 0 Å². The number of benzene rings is 3. The number of hydrogen-bond acceptors (Lipinski definition) is 4. The van der Waals surface area contributed by atoms with E-state index in [1.807, 2.05) is 49.4 Å². The van der Waals surface area contributed by atoms with Gasteiger partial charge in [0.05, 0.1) is 12.8 Å². The maximum Gasteiger partial charge on any atom is 0.420 e. The summed E-state index contributed by atoms with van der Waals surface area (Å²) in [5.74, 6) is -0.116. The summed E-state index contributed by atoms with van der Waals surface area (Å²) in [5, 5.41) is 1.82. The van der Waals surface area contributed by atoms with Gasteiger partial charge in [-0.1, -0.05) is 54.6 Å². The molecule has 1 amide bonds. The van der Waals surface area contributed by atoms with Crippen molar-refractivity contribution in [2.75, 3.05) is 12.0 Å². The Hall–Kier alpha value is -3.34. The number of hydrogen-bond donors (Lipinski definition) is 0. The number of nitrogens with zero attached hydrogens (tertiary/aromatic N) is 1. The molecule has 27 heavy (non-hydrogen) atoms. The Labute approximate surface area is 158 Å². The van der Waals surface area contributed by atoms with Crippen molar-refractivity contribution in [3.8, 4) is 5.75 Å². The molecule has 0 saturated heterocycles. The van der Waals surface area contributed by atoms with E-state index in [4.69, 9.17) is 9.47 Å². The van der Waals surface area contributed by atoms with Crippen LogP contribution < -0.4 is 9.64 Å². The highest BCUT2D eigenvalue weighted by atomic mass is 16.6. The Morgan fingerprint density at radius 2 is 1.59 bits per heavy atom. The van der Waals surface area contributed by atoms with Gasteiger partial charge in [0.25, 0.3) is 0 Å². The standard InChI is InChI=1S/C22H21NO4/c1-15-13-14-17-9-7-8-12-19(17)20(15)23(16(2)21(24)26-3)22(25)27-18-10-5-4-6-11-18/h4-14,16H,1-3H3/t16-/m0/s1. The minimum atomic E-state index is -0.851. The lowest BCUT2D eigenvalue weighted by Gasteiger charge is -2.29. The number of carbonyl (C=O) groups excluding carboxylic acids is 2. The molecule has 0 heterocycles. The molecule has 0 aliphatic rings. The molecular formula is C22H21NO4. The number of esters is 1. The lowest BCUT2D eigenvalue weighted by atomic mass is 10.0. The number of fused-ring (bicyclic) bond motifs is 1. The summed E-state index contributed by atoms with van der Waals surface area (Å²) in [6, 6.07) is 19.5. The molecule has 138 valence electrons. The molecular weight excluding hydrogens is 342 g/mol. The van der Waals surface area contributed by atoms with E-state index < -0.39 is 18.1 Å². The van der Waals surface area contributed by atoms with Crippen LogP contribution >= 0.6 is 0 Å². The summed E-state index contributed by atoms with van der Waals surface area (Å²) in [7, 11) is 1.30. The second kappa shape index (κ2) is 7.91. The highest BCUT2D eigenvalue weighted by molar-refractivity contribution is 6.06. The van der Waals surface area contributed by atoms with Gasteiger partial charge in [-0.25, -0.2) is 9.59 Å². The van der Waals surface area contributed by atoms with Crippen LogP contribution in [0.4, 0.5) is 10.5 Å². The SMILES string of the molecule is COC(=O)[C@H](C)N(C(=O)Oc1ccccc1)c1c(C)ccc2ccccc12. The molecule has 0 aliphatic carbocycles. The molecule has 3 rings (SSSR count). The monoisotopic (exact) mass is 363 g/mol. The lowest BCUT2D eigenvalue weighted by Crippen LogP contribution is -2.46. The second-order valence-corrected chi connectivity index (χ2v) is 6.20. The number of rotatable bonds is 4. The summed E-state index contributed by atoms with van der Waals surface area (Å²) < 4.78 is 10.4. The van der Waals surface area contributed by atoms with Crippen LogP contribution in [0.1, 0.15) is 12.5 Å². The first kappa shape index (κ1) is 18.5. The third kappa shape index (κ3) is 3.77. The molecule has 0 unspecified atom stereocenters. The first-order valence-corrected chi connectivity index (χ1v) is 8.65. The maximum atomic E-state index is 13.1. The quantitative estimate of drug-likeness (QED) is 0.630. The first-order valence-electron chi connectivity index (χ1n) is 8.65. The van der Waals surface area contributed by atoms with Crippen LogP contribution in [0.15, 0.2) is 66.7 Å². The van der Waals surface area contributed by atoms with Crippen LogP contribution in [-0.2, 0) is 9.53 Å². The molecule has 5 nitrogen and oxygen atoms in total. The van der Waals surface area contributed by atoms with Crippen LogP contribution in [-0.4, -0.2) is 25.2 Å². The van der Waals surface area contributed by atoms with Gasteiger partial charge in [0.2, 0.25) is 0 Å². The van der Waals surface area contributed by atoms with Crippen molar-refractivity contribution < 1.29 is 19.1 Å². The summed E-state index contributed by atoms with van der Waals surface area (Å²) in [6.07, 6.45) is -0.640. The number of para-hydroxylation sites is 1. The largest absolute Gasteiger partial charge is 0.467 e. The number of ether oxygens (including phenoxy) is 2. The zero-order valence-corrected chi connectivity index (χ0v) is 15.5. The van der Waals surface area contributed by atoms with Crippen molar-refractivity contribution in [3.05, 3.63) is 72.3 Å². The van der Waals surface area contributed by atoms with E-state index in [1.165, 1.54) is 12.0 Å². The van der Waals surface area contributed by atoms with Gasteiger partial charge < -0.3 is 9.47 Å². The van der Waals surface area contributed by atoms with E-state index in [9.17, 15) is 9.59 Å². The van der Waals surface area contributed by atoms with Gasteiger partial charge >= 0.3 is 12.1 Å². The van der Waals surface area contributed by atoms with Crippen LogP contribution in [0.3, 0.4) is 0 Å². The zero-order chi connectivity index (χ0) is 19.4. The fourth-order valence-corrected chi connectivity index (χ4v) is 3.04. The zero-order valence-electron chi connectivity index (χ0n) is 15.5. The van der Waals surface area contributed by atoms with Crippen molar-refractivity contribution in [2.45, 2.75) is 19.9 Å². The molecule has 0 fully saturated rings. The summed E-state index contributed by atoms with van der Waals surface area (Å²) in [4.78, 5) is 26.7. The van der Waals surface area contributed by atoms with Crippen molar-refractivity contribution in [1.82, 2.24) is 0 Å². The van der Waals surface area contributed by atoms with Crippen molar-refractivity contribution >= 4 is 28.5 Å². The molecule has 0 N–H and O–H groups in total. The predicted molar refractivity (Wildman–Crippen MR) is 105 cm³/mol. The van der Waals surface area contributed by atoms with Crippen LogP contribution in [0.25, 0.3) is 10.8 Å². The number of anilines is 1. The average Bonchev–Trinajstić information content (AvgIpc) is 2.69. The van der Waals surface area contributed by atoms with Crippen LogP contribution in [0, 0.1) is 6.92 Å². The second-order valence-electron chi connectivity index (χ2n) is 6.20. The van der Waals surface area contributed by atoms with Gasteiger partial charge in [0, 0.05) is 5.39 Å². The van der Waals surface area contributed by atoms with Crippen LogP contribution in [0.5, 0.6) is 5.75 Å². The Kier molecular flexibility index (Phi) is 5.41. The number of amides is 1. The third-order valence-electron chi connectivity index (χ3n) is 4.42. The number of aryl methyl sites for hydroxylation is 1. The van der Waals surface area contributed by atoms with E-state index in [2.05, 4.69) is 0 Å². The molecule has 0 saturated carbocycles. The molecule has 1 atom stereocenters. The van der Waals surface area contributed by atoms with E-state index in [1.54, 1.807) is 31.2 Å².